The summed E-state index contributed by atoms with van der Waals surface area (Å²) in [6, 6.07) is 15.0. The predicted molar refractivity (Wildman–Crippen MR) is 107 cm³/mol. The lowest BCUT2D eigenvalue weighted by Crippen LogP contribution is -2.49. The summed E-state index contributed by atoms with van der Waals surface area (Å²) in [5.41, 5.74) is 3.07. The third-order valence-electron chi connectivity index (χ3n) is 4.51. The van der Waals surface area contributed by atoms with E-state index in [4.69, 9.17) is 4.74 Å². The summed E-state index contributed by atoms with van der Waals surface area (Å²) in [6.45, 7) is 6.10. The average Bonchev–Trinajstić information content (AvgIpc) is 2.66. The Balaban J connectivity index is 2.20. The highest BCUT2D eigenvalue weighted by Gasteiger charge is 2.28. The van der Waals surface area contributed by atoms with Crippen molar-refractivity contribution in [2.45, 2.75) is 39.8 Å². The summed E-state index contributed by atoms with van der Waals surface area (Å²) in [7, 11) is 1.59. The van der Waals surface area contributed by atoms with Gasteiger partial charge in [-0.05, 0) is 37.5 Å². The smallest absolute Gasteiger partial charge is 0.261 e. The third kappa shape index (κ3) is 5.58. The molecule has 0 aliphatic rings. The first kappa shape index (κ1) is 20.5. The summed E-state index contributed by atoms with van der Waals surface area (Å²) in [4.78, 5) is 26.9. The monoisotopic (exact) mass is 368 g/mol. The average molecular weight is 368 g/mol. The van der Waals surface area contributed by atoms with Crippen LogP contribution in [0.15, 0.2) is 48.5 Å². The van der Waals surface area contributed by atoms with E-state index in [9.17, 15) is 9.59 Å². The number of aryl methyl sites for hydroxylation is 2. The van der Waals surface area contributed by atoms with E-state index in [2.05, 4.69) is 5.32 Å². The van der Waals surface area contributed by atoms with Crippen LogP contribution in [-0.2, 0) is 16.1 Å². The lowest BCUT2D eigenvalue weighted by Gasteiger charge is -2.30. The lowest BCUT2D eigenvalue weighted by molar-refractivity contribution is -0.142. The van der Waals surface area contributed by atoms with Crippen molar-refractivity contribution in [1.29, 1.82) is 0 Å². The molecule has 27 heavy (non-hydrogen) atoms. The second kappa shape index (κ2) is 9.76. The number of nitrogens with one attached hydrogen (secondary N) is 1. The molecule has 2 rings (SSSR count). The number of benzene rings is 2. The fraction of sp³-hybridized carbons (Fsp3) is 0.364. The SMILES string of the molecule is CCC(C(=O)NC)N(Cc1cccc(C)c1)C(=O)COc1ccccc1C. The van der Waals surface area contributed by atoms with E-state index >= 15 is 0 Å². The molecule has 0 heterocycles. The van der Waals surface area contributed by atoms with Crippen molar-refractivity contribution >= 4 is 11.8 Å². The van der Waals surface area contributed by atoms with E-state index in [0.29, 0.717) is 18.7 Å². The van der Waals surface area contributed by atoms with Crippen LogP contribution >= 0.6 is 0 Å². The van der Waals surface area contributed by atoms with Crippen LogP contribution in [0.5, 0.6) is 5.75 Å². The van der Waals surface area contributed by atoms with Gasteiger partial charge in [0.1, 0.15) is 11.8 Å². The number of carbonyl (C=O) groups excluding carboxylic acids is 2. The van der Waals surface area contributed by atoms with Crippen LogP contribution in [0.25, 0.3) is 0 Å². The van der Waals surface area contributed by atoms with E-state index in [0.717, 1.165) is 16.7 Å². The maximum Gasteiger partial charge on any atom is 0.261 e. The topological polar surface area (TPSA) is 58.6 Å². The molecule has 0 aliphatic carbocycles. The van der Waals surface area contributed by atoms with Gasteiger partial charge in [-0.3, -0.25) is 9.59 Å². The van der Waals surface area contributed by atoms with Crippen LogP contribution in [0, 0.1) is 13.8 Å². The molecule has 2 amide bonds. The molecule has 144 valence electrons. The summed E-state index contributed by atoms with van der Waals surface area (Å²) < 4.78 is 5.73. The zero-order valence-corrected chi connectivity index (χ0v) is 16.5. The number of likely N-dealkylation sites (N-methyl/N-ethyl adjacent to an activating group) is 1. The molecule has 5 heteroatoms. The molecule has 0 radical (unpaired) electrons. The van der Waals surface area contributed by atoms with Crippen LogP contribution in [0.3, 0.4) is 0 Å². The van der Waals surface area contributed by atoms with Crippen LogP contribution in [0.4, 0.5) is 0 Å². The second-order valence-electron chi connectivity index (χ2n) is 6.60. The fourth-order valence-electron chi connectivity index (χ4n) is 3.03. The largest absolute Gasteiger partial charge is 0.484 e. The van der Waals surface area contributed by atoms with Crippen molar-refractivity contribution in [2.24, 2.45) is 0 Å². The van der Waals surface area contributed by atoms with Crippen LogP contribution in [0.1, 0.15) is 30.0 Å². The molecule has 0 bridgehead atoms. The van der Waals surface area contributed by atoms with Crippen molar-refractivity contribution in [3.63, 3.8) is 0 Å². The number of ether oxygens (including phenoxy) is 1. The van der Waals surface area contributed by atoms with Gasteiger partial charge < -0.3 is 15.0 Å². The van der Waals surface area contributed by atoms with Crippen LogP contribution < -0.4 is 10.1 Å². The Morgan fingerprint density at radius 2 is 1.85 bits per heavy atom. The quantitative estimate of drug-likeness (QED) is 0.778. The molecule has 2 aromatic carbocycles. The Morgan fingerprint density at radius 3 is 2.48 bits per heavy atom. The molecule has 1 N–H and O–H groups in total. The molecule has 0 saturated carbocycles. The second-order valence-corrected chi connectivity index (χ2v) is 6.60. The number of nitrogens with zero attached hydrogens (tertiary/aromatic N) is 1. The van der Waals surface area contributed by atoms with E-state index in [1.54, 1.807) is 11.9 Å². The molecule has 0 spiro atoms. The van der Waals surface area contributed by atoms with Crippen molar-refractivity contribution in [3.8, 4) is 5.75 Å². The van der Waals surface area contributed by atoms with E-state index in [-0.39, 0.29) is 18.4 Å². The van der Waals surface area contributed by atoms with Gasteiger partial charge in [0, 0.05) is 13.6 Å². The van der Waals surface area contributed by atoms with Crippen molar-refractivity contribution in [1.82, 2.24) is 10.2 Å². The minimum absolute atomic E-state index is 0.107. The minimum atomic E-state index is -0.538. The number of amides is 2. The van der Waals surface area contributed by atoms with Crippen LogP contribution in [0.2, 0.25) is 0 Å². The Morgan fingerprint density at radius 1 is 1.11 bits per heavy atom. The molecule has 0 aliphatic heterocycles. The number of para-hydroxylation sites is 1. The summed E-state index contributed by atoms with van der Waals surface area (Å²) in [5, 5.41) is 2.66. The molecular weight excluding hydrogens is 340 g/mol. The molecular formula is C22H28N2O3. The van der Waals surface area contributed by atoms with Gasteiger partial charge in [-0.15, -0.1) is 0 Å². The van der Waals surface area contributed by atoms with Crippen molar-refractivity contribution in [3.05, 3.63) is 65.2 Å². The van der Waals surface area contributed by atoms with Crippen molar-refractivity contribution in [2.75, 3.05) is 13.7 Å². The molecule has 5 nitrogen and oxygen atoms in total. The zero-order valence-electron chi connectivity index (χ0n) is 16.5. The number of carbonyl (C=O) groups is 2. The van der Waals surface area contributed by atoms with Crippen molar-refractivity contribution < 1.29 is 14.3 Å². The number of hydrogen-bond donors (Lipinski definition) is 1. The fourth-order valence-corrected chi connectivity index (χ4v) is 3.03. The van der Waals surface area contributed by atoms with E-state index in [1.165, 1.54) is 0 Å². The number of hydrogen-bond acceptors (Lipinski definition) is 3. The molecule has 1 atom stereocenters. The first-order chi connectivity index (χ1) is 13.0. The molecule has 0 aromatic heterocycles. The maximum absolute atomic E-state index is 13.0. The van der Waals surface area contributed by atoms with Gasteiger partial charge in [-0.2, -0.15) is 0 Å². The summed E-state index contributed by atoms with van der Waals surface area (Å²) >= 11 is 0. The van der Waals surface area contributed by atoms with Gasteiger partial charge in [0.2, 0.25) is 5.91 Å². The highest BCUT2D eigenvalue weighted by Crippen LogP contribution is 2.18. The summed E-state index contributed by atoms with van der Waals surface area (Å²) in [5.74, 6) is 0.291. The Bertz CT molecular complexity index is 789. The minimum Gasteiger partial charge on any atom is -0.484 e. The highest BCUT2D eigenvalue weighted by atomic mass is 16.5. The molecule has 2 aromatic rings. The highest BCUT2D eigenvalue weighted by molar-refractivity contribution is 5.88. The van der Waals surface area contributed by atoms with Gasteiger partial charge in [0.25, 0.3) is 5.91 Å². The predicted octanol–water partition coefficient (Wildman–Crippen LogP) is 3.24. The lowest BCUT2D eigenvalue weighted by atomic mass is 10.1. The molecule has 0 fully saturated rings. The standard InChI is InChI=1S/C22H28N2O3/c1-5-19(22(26)23-4)24(14-18-11-8-9-16(2)13-18)21(25)15-27-20-12-7-6-10-17(20)3/h6-13,19H,5,14-15H2,1-4H3,(H,23,26). The first-order valence-electron chi connectivity index (χ1n) is 9.21. The Labute approximate surface area is 161 Å². The first-order valence-corrected chi connectivity index (χ1v) is 9.21. The Kier molecular flexibility index (Phi) is 7.41. The maximum atomic E-state index is 13.0. The normalized spacial score (nSPS) is 11.6. The van der Waals surface area contributed by atoms with Gasteiger partial charge in [0.05, 0.1) is 0 Å². The molecule has 0 saturated heterocycles. The van der Waals surface area contributed by atoms with E-state index < -0.39 is 6.04 Å². The van der Waals surface area contributed by atoms with Gasteiger partial charge >= 0.3 is 0 Å². The Hall–Kier alpha value is -2.82. The number of rotatable bonds is 8. The zero-order chi connectivity index (χ0) is 19.8. The van der Waals surface area contributed by atoms with Gasteiger partial charge in [-0.1, -0.05) is 55.0 Å². The van der Waals surface area contributed by atoms with Gasteiger partial charge in [-0.25, -0.2) is 0 Å². The molecule has 1 unspecified atom stereocenters. The van der Waals surface area contributed by atoms with E-state index in [1.807, 2.05) is 69.3 Å². The van der Waals surface area contributed by atoms with Gasteiger partial charge in [0.15, 0.2) is 6.61 Å². The summed E-state index contributed by atoms with van der Waals surface area (Å²) in [6.07, 6.45) is 0.529. The van der Waals surface area contributed by atoms with Crippen LogP contribution in [-0.4, -0.2) is 36.4 Å². The third-order valence-corrected chi connectivity index (χ3v) is 4.51.